The third-order valence-electron chi connectivity index (χ3n) is 5.55. The molecule has 0 spiro atoms. The minimum absolute atomic E-state index is 0.0247. The molecular formula is C19H23N3O5Si. The van der Waals surface area contributed by atoms with E-state index in [0.717, 1.165) is 11.6 Å². The number of carbonyl (C=O) groups is 3. The first-order chi connectivity index (χ1) is 13.1. The molecule has 3 aliphatic carbocycles. The number of benzene rings is 1. The van der Waals surface area contributed by atoms with Crippen LogP contribution in [0.4, 0.5) is 0 Å². The van der Waals surface area contributed by atoms with Gasteiger partial charge in [-0.3, -0.25) is 14.4 Å². The van der Waals surface area contributed by atoms with Crippen LogP contribution in [0.2, 0.25) is 25.7 Å². The fourth-order valence-corrected chi connectivity index (χ4v) is 4.95. The Morgan fingerprint density at radius 1 is 1.29 bits per heavy atom. The van der Waals surface area contributed by atoms with E-state index in [1.807, 2.05) is 0 Å². The molecule has 8 nitrogen and oxygen atoms in total. The van der Waals surface area contributed by atoms with Gasteiger partial charge in [0, 0.05) is 25.3 Å². The number of esters is 1. The summed E-state index contributed by atoms with van der Waals surface area (Å²) in [6.45, 7) is 6.76. The predicted molar refractivity (Wildman–Crippen MR) is 103 cm³/mol. The van der Waals surface area contributed by atoms with Crippen LogP contribution in [0.3, 0.4) is 0 Å². The molecule has 1 N–H and O–H groups in total. The fraction of sp³-hybridized carbons (Fsp3) is 0.526. The first-order valence-corrected chi connectivity index (χ1v) is 13.0. The van der Waals surface area contributed by atoms with Crippen LogP contribution in [0.1, 0.15) is 29.4 Å². The summed E-state index contributed by atoms with van der Waals surface area (Å²) in [5, 5.41) is 13.0. The van der Waals surface area contributed by atoms with E-state index in [2.05, 4.69) is 29.7 Å². The number of ketones is 1. The van der Waals surface area contributed by atoms with Crippen molar-refractivity contribution in [1.29, 1.82) is 0 Å². The highest BCUT2D eigenvalue weighted by molar-refractivity contribution is 6.76. The molecule has 148 valence electrons. The zero-order valence-corrected chi connectivity index (χ0v) is 17.1. The minimum atomic E-state index is -1.41. The second-order valence-electron chi connectivity index (χ2n) is 8.63. The Bertz CT molecular complexity index is 888. The quantitative estimate of drug-likeness (QED) is 0.265. The lowest BCUT2D eigenvalue weighted by Gasteiger charge is -2.46. The first kappa shape index (κ1) is 20.1. The lowest BCUT2D eigenvalue weighted by Crippen LogP contribution is -2.50. The molecule has 3 aliphatic rings. The van der Waals surface area contributed by atoms with Crippen molar-refractivity contribution in [2.75, 3.05) is 6.61 Å². The summed E-state index contributed by atoms with van der Waals surface area (Å²) < 4.78 is 5.49. The van der Waals surface area contributed by atoms with Gasteiger partial charge < -0.3 is 9.84 Å². The van der Waals surface area contributed by atoms with Crippen molar-refractivity contribution in [3.63, 3.8) is 0 Å². The average molecular weight is 401 g/mol. The number of phenolic OH excluding ortho intramolecular Hbond substituents is 1. The zero-order valence-electron chi connectivity index (χ0n) is 16.1. The molecule has 0 radical (unpaired) electrons. The number of hydrogen-bond acceptors (Lipinski definition) is 5. The van der Waals surface area contributed by atoms with E-state index in [1.165, 1.54) is 12.1 Å². The van der Waals surface area contributed by atoms with Crippen LogP contribution in [-0.2, 0) is 19.1 Å². The van der Waals surface area contributed by atoms with Gasteiger partial charge in [-0.05, 0) is 39.9 Å². The number of rotatable bonds is 5. The molecule has 4 rings (SSSR count). The third-order valence-corrected chi connectivity index (χ3v) is 7.25. The molecule has 1 aromatic rings. The second kappa shape index (κ2) is 7.41. The van der Waals surface area contributed by atoms with Crippen LogP contribution in [-0.4, -0.2) is 37.4 Å². The fourth-order valence-electron chi connectivity index (χ4n) is 4.24. The number of ether oxygens (including phenoxy) is 1. The van der Waals surface area contributed by atoms with Crippen LogP contribution >= 0.6 is 0 Å². The van der Waals surface area contributed by atoms with E-state index < -0.39 is 43.6 Å². The monoisotopic (exact) mass is 401 g/mol. The molecule has 9 heteroatoms. The highest BCUT2D eigenvalue weighted by atomic mass is 28.3. The molecule has 0 aliphatic heterocycles. The Morgan fingerprint density at radius 2 is 2.00 bits per heavy atom. The number of hydrogen-bond donors (Lipinski definition) is 1. The highest BCUT2D eigenvalue weighted by Gasteiger charge is 2.56. The minimum Gasteiger partial charge on any atom is -0.508 e. The second-order valence-corrected chi connectivity index (χ2v) is 14.2. The van der Waals surface area contributed by atoms with Gasteiger partial charge in [0.25, 0.3) is 0 Å². The Morgan fingerprint density at radius 3 is 2.64 bits per heavy atom. The molecular weight excluding hydrogens is 378 g/mol. The average Bonchev–Trinajstić information content (AvgIpc) is 2.59. The van der Waals surface area contributed by atoms with Gasteiger partial charge in [0.15, 0.2) is 0 Å². The molecule has 1 amide bonds. The standard InChI is InChI=1S/C19H23N3O5Si/c1-28(2,3)7-6-27-19(26)16-13-9-14(24)15(17(16)18(25)21-22-20)12-8-10(23)4-5-11(12)13/h4-5,8,13,15-17,23H,6-7,9H2,1-3H3/t13-,15-,16-,17-/m1/s1. The van der Waals surface area contributed by atoms with Gasteiger partial charge in [-0.25, -0.2) is 0 Å². The van der Waals surface area contributed by atoms with Crippen molar-refractivity contribution >= 4 is 25.7 Å². The highest BCUT2D eigenvalue weighted by Crippen LogP contribution is 2.55. The zero-order chi connectivity index (χ0) is 20.6. The number of carbonyl (C=O) groups excluding carboxylic acids is 3. The molecule has 0 aromatic heterocycles. The van der Waals surface area contributed by atoms with E-state index in [-0.39, 0.29) is 24.6 Å². The maximum Gasteiger partial charge on any atom is 0.310 e. The van der Waals surface area contributed by atoms with Gasteiger partial charge in [-0.2, -0.15) is 0 Å². The van der Waals surface area contributed by atoms with Crippen molar-refractivity contribution in [2.24, 2.45) is 17.0 Å². The molecule has 4 atom stereocenters. The van der Waals surface area contributed by atoms with Gasteiger partial charge in [-0.15, -0.1) is 0 Å². The Labute approximate surface area is 163 Å². The van der Waals surface area contributed by atoms with Crippen molar-refractivity contribution in [3.8, 4) is 5.75 Å². The number of azide groups is 1. The molecule has 28 heavy (non-hydrogen) atoms. The van der Waals surface area contributed by atoms with E-state index in [0.29, 0.717) is 5.56 Å². The van der Waals surface area contributed by atoms with Gasteiger partial charge in [0.1, 0.15) is 11.5 Å². The number of phenols is 1. The summed E-state index contributed by atoms with van der Waals surface area (Å²) in [5.74, 6) is -5.02. The van der Waals surface area contributed by atoms with Crippen molar-refractivity contribution in [3.05, 3.63) is 39.8 Å². The summed E-state index contributed by atoms with van der Waals surface area (Å²) in [7, 11) is -1.41. The van der Waals surface area contributed by atoms with Gasteiger partial charge in [0.05, 0.1) is 24.4 Å². The van der Waals surface area contributed by atoms with Gasteiger partial charge >= 0.3 is 5.97 Å². The normalized spacial score (nSPS) is 25.6. The smallest absolute Gasteiger partial charge is 0.310 e. The molecule has 0 unspecified atom stereocenters. The van der Waals surface area contributed by atoms with Crippen molar-refractivity contribution < 1.29 is 24.2 Å². The third kappa shape index (κ3) is 3.68. The number of nitrogens with zero attached hydrogens (tertiary/aromatic N) is 3. The van der Waals surface area contributed by atoms with Crippen molar-refractivity contribution in [2.45, 2.75) is 43.9 Å². The maximum atomic E-state index is 12.9. The van der Waals surface area contributed by atoms with Crippen LogP contribution < -0.4 is 0 Å². The summed E-state index contributed by atoms with van der Waals surface area (Å²) in [4.78, 5) is 40.7. The SMILES string of the molecule is C[Si](C)(C)CCOC(=O)[C@H]1[C@H](C(=O)N=[N+]=[N-])[C@H]2C(=O)C[C@@H]1c1ccc(O)cc12. The molecule has 0 saturated heterocycles. The summed E-state index contributed by atoms with van der Waals surface area (Å²) in [5.41, 5.74) is 9.99. The van der Waals surface area contributed by atoms with Crippen LogP contribution in [0.15, 0.2) is 23.3 Å². The predicted octanol–water partition coefficient (Wildman–Crippen LogP) is 3.50. The van der Waals surface area contributed by atoms with Gasteiger partial charge in [-0.1, -0.05) is 25.7 Å². The van der Waals surface area contributed by atoms with Crippen LogP contribution in [0.25, 0.3) is 10.4 Å². The first-order valence-electron chi connectivity index (χ1n) is 9.25. The summed E-state index contributed by atoms with van der Waals surface area (Å²) >= 11 is 0. The Hall–Kier alpha value is -2.64. The topological polar surface area (TPSA) is 129 Å². The van der Waals surface area contributed by atoms with Crippen LogP contribution in [0.5, 0.6) is 5.75 Å². The lowest BCUT2D eigenvalue weighted by atomic mass is 9.55. The number of fused-ring (bicyclic) bond motifs is 2. The number of amides is 1. The number of aromatic hydroxyl groups is 1. The molecule has 1 saturated carbocycles. The molecule has 1 fully saturated rings. The number of Topliss-reactive ketones (excluding diaryl/α,β-unsaturated/α-hetero) is 1. The largest absolute Gasteiger partial charge is 0.508 e. The van der Waals surface area contributed by atoms with E-state index >= 15 is 0 Å². The molecule has 0 heterocycles. The van der Waals surface area contributed by atoms with Crippen molar-refractivity contribution in [1.82, 2.24) is 0 Å². The van der Waals surface area contributed by atoms with E-state index in [1.54, 1.807) is 6.07 Å². The lowest BCUT2D eigenvalue weighted by molar-refractivity contribution is -0.157. The Balaban J connectivity index is 1.99. The maximum absolute atomic E-state index is 12.9. The van der Waals surface area contributed by atoms with Gasteiger partial charge in [0.2, 0.25) is 5.91 Å². The van der Waals surface area contributed by atoms with Crippen LogP contribution in [0, 0.1) is 11.8 Å². The Kier molecular flexibility index (Phi) is 5.32. The molecule has 1 aromatic carbocycles. The molecule has 2 bridgehead atoms. The summed E-state index contributed by atoms with van der Waals surface area (Å²) in [6, 6.07) is 5.43. The summed E-state index contributed by atoms with van der Waals surface area (Å²) in [6.07, 6.45) is 0.121. The van der Waals surface area contributed by atoms with E-state index in [9.17, 15) is 19.5 Å². The van der Waals surface area contributed by atoms with E-state index in [4.69, 9.17) is 10.3 Å².